The zero-order valence-corrected chi connectivity index (χ0v) is 11.8. The van der Waals surface area contributed by atoms with Crippen molar-refractivity contribution in [1.82, 2.24) is 9.55 Å². The Labute approximate surface area is 114 Å². The highest BCUT2D eigenvalue weighted by Crippen LogP contribution is 2.26. The summed E-state index contributed by atoms with van der Waals surface area (Å²) in [7, 11) is 1.99. The Kier molecular flexibility index (Phi) is 3.86. The van der Waals surface area contributed by atoms with Crippen LogP contribution in [0.1, 0.15) is 5.69 Å². The fourth-order valence-electron chi connectivity index (χ4n) is 1.79. The molecule has 0 aliphatic rings. The third kappa shape index (κ3) is 2.54. The van der Waals surface area contributed by atoms with Gasteiger partial charge in [-0.2, -0.15) is 0 Å². The van der Waals surface area contributed by atoms with Crippen molar-refractivity contribution in [3.8, 4) is 11.4 Å². The highest BCUT2D eigenvalue weighted by atomic mass is 79.9. The highest BCUT2D eigenvalue weighted by molar-refractivity contribution is 9.10. The Balaban J connectivity index is 2.50. The first-order valence-corrected chi connectivity index (χ1v) is 6.47. The van der Waals surface area contributed by atoms with Gasteiger partial charge in [-0.25, -0.2) is 4.98 Å². The lowest BCUT2D eigenvalue weighted by molar-refractivity contribution is 0.807. The summed E-state index contributed by atoms with van der Waals surface area (Å²) in [6.07, 6.45) is 0.796. The number of hydrogen-bond acceptors (Lipinski definition) is 2. The minimum Gasteiger partial charge on any atom is -0.330 e. The lowest BCUT2D eigenvalue weighted by Crippen LogP contribution is -2.07. The lowest BCUT2D eigenvalue weighted by atomic mass is 10.2. The highest BCUT2D eigenvalue weighted by Gasteiger charge is 2.13. The zero-order valence-electron chi connectivity index (χ0n) is 9.45. The molecule has 0 aliphatic carbocycles. The molecule has 0 radical (unpaired) electrons. The maximum atomic E-state index is 5.99. The van der Waals surface area contributed by atoms with Gasteiger partial charge in [0.25, 0.3) is 0 Å². The number of nitrogens with two attached hydrogens (primary N) is 1. The van der Waals surface area contributed by atoms with Crippen molar-refractivity contribution in [3.05, 3.63) is 39.6 Å². The SMILES string of the molecule is Cn1c(-c2cccc(Cl)c2)nc(Br)c1CCN. The number of benzene rings is 1. The van der Waals surface area contributed by atoms with Crippen LogP contribution in [0.15, 0.2) is 28.9 Å². The first-order valence-electron chi connectivity index (χ1n) is 5.30. The van der Waals surface area contributed by atoms with Crippen LogP contribution in [0.3, 0.4) is 0 Å². The summed E-state index contributed by atoms with van der Waals surface area (Å²) >= 11 is 9.45. The molecule has 1 heterocycles. The molecule has 0 fully saturated rings. The standard InChI is InChI=1S/C12H13BrClN3/c1-17-10(5-6-15)11(13)16-12(17)8-3-2-4-9(14)7-8/h2-4,7H,5-6,15H2,1H3. The predicted octanol–water partition coefficient (Wildman–Crippen LogP) is 3.00. The van der Waals surface area contributed by atoms with Crippen molar-refractivity contribution in [3.63, 3.8) is 0 Å². The monoisotopic (exact) mass is 313 g/mol. The number of aromatic nitrogens is 2. The molecule has 2 aromatic rings. The van der Waals surface area contributed by atoms with Crippen molar-refractivity contribution in [1.29, 1.82) is 0 Å². The van der Waals surface area contributed by atoms with Crippen LogP contribution in [-0.2, 0) is 13.5 Å². The summed E-state index contributed by atoms with van der Waals surface area (Å²) in [5, 5.41) is 0.710. The van der Waals surface area contributed by atoms with Gasteiger partial charge in [-0.15, -0.1) is 0 Å². The Morgan fingerprint density at radius 2 is 2.24 bits per heavy atom. The van der Waals surface area contributed by atoms with Crippen LogP contribution in [0.5, 0.6) is 0 Å². The van der Waals surface area contributed by atoms with Gasteiger partial charge in [0.15, 0.2) is 0 Å². The molecule has 3 nitrogen and oxygen atoms in total. The quantitative estimate of drug-likeness (QED) is 0.946. The Morgan fingerprint density at radius 1 is 1.47 bits per heavy atom. The van der Waals surface area contributed by atoms with Crippen molar-refractivity contribution in [2.45, 2.75) is 6.42 Å². The van der Waals surface area contributed by atoms with Gasteiger partial charge < -0.3 is 10.3 Å². The maximum absolute atomic E-state index is 5.99. The zero-order chi connectivity index (χ0) is 12.4. The van der Waals surface area contributed by atoms with E-state index in [9.17, 15) is 0 Å². The molecule has 2 rings (SSSR count). The first-order chi connectivity index (χ1) is 8.13. The molecule has 0 atom stereocenters. The molecule has 0 bridgehead atoms. The minimum absolute atomic E-state index is 0.604. The van der Waals surface area contributed by atoms with Crippen molar-refractivity contribution in [2.75, 3.05) is 6.54 Å². The van der Waals surface area contributed by atoms with Crippen molar-refractivity contribution >= 4 is 27.5 Å². The van der Waals surface area contributed by atoms with E-state index in [4.69, 9.17) is 17.3 Å². The molecule has 5 heteroatoms. The molecule has 0 unspecified atom stereocenters. The maximum Gasteiger partial charge on any atom is 0.141 e. The fourth-order valence-corrected chi connectivity index (χ4v) is 2.61. The number of rotatable bonds is 3. The van der Waals surface area contributed by atoms with Crippen molar-refractivity contribution in [2.24, 2.45) is 12.8 Å². The third-order valence-electron chi connectivity index (χ3n) is 2.63. The van der Waals surface area contributed by atoms with E-state index in [1.165, 1.54) is 0 Å². The molecule has 0 amide bonds. The first kappa shape index (κ1) is 12.6. The van der Waals surface area contributed by atoms with Gasteiger partial charge >= 0.3 is 0 Å². The van der Waals surface area contributed by atoms with Crippen LogP contribution in [0.2, 0.25) is 5.02 Å². The molecular weight excluding hydrogens is 302 g/mol. The second-order valence-electron chi connectivity index (χ2n) is 3.78. The summed E-state index contributed by atoms with van der Waals surface area (Å²) in [6.45, 7) is 0.604. The van der Waals surface area contributed by atoms with Gasteiger partial charge in [-0.3, -0.25) is 0 Å². The van der Waals surface area contributed by atoms with E-state index < -0.39 is 0 Å². The molecule has 17 heavy (non-hydrogen) atoms. The molecule has 2 N–H and O–H groups in total. The Hall–Kier alpha value is -0.840. The van der Waals surface area contributed by atoms with Gasteiger partial charge in [0.1, 0.15) is 10.4 Å². The van der Waals surface area contributed by atoms with Gasteiger partial charge in [0, 0.05) is 24.1 Å². The number of hydrogen-bond donors (Lipinski definition) is 1. The van der Waals surface area contributed by atoms with Crippen molar-refractivity contribution < 1.29 is 0 Å². The van der Waals surface area contributed by atoms with E-state index in [1.54, 1.807) is 0 Å². The van der Waals surface area contributed by atoms with E-state index in [2.05, 4.69) is 20.9 Å². The van der Waals surface area contributed by atoms with E-state index in [1.807, 2.05) is 35.9 Å². The van der Waals surface area contributed by atoms with Gasteiger partial charge in [0.2, 0.25) is 0 Å². The minimum atomic E-state index is 0.604. The number of nitrogens with zero attached hydrogens (tertiary/aromatic N) is 2. The van der Waals surface area contributed by atoms with E-state index in [0.29, 0.717) is 11.6 Å². The molecular formula is C12H13BrClN3. The smallest absolute Gasteiger partial charge is 0.141 e. The number of imidazole rings is 1. The normalized spacial score (nSPS) is 10.8. The summed E-state index contributed by atoms with van der Waals surface area (Å²) in [5.41, 5.74) is 7.69. The predicted molar refractivity (Wildman–Crippen MR) is 74.1 cm³/mol. The molecule has 1 aromatic heterocycles. The molecule has 0 aliphatic heterocycles. The second kappa shape index (κ2) is 5.21. The lowest BCUT2D eigenvalue weighted by Gasteiger charge is -2.05. The third-order valence-corrected chi connectivity index (χ3v) is 3.50. The molecule has 1 aromatic carbocycles. The van der Waals surface area contributed by atoms with Crippen LogP contribution >= 0.6 is 27.5 Å². The van der Waals surface area contributed by atoms with Gasteiger partial charge in [0.05, 0.1) is 5.69 Å². The number of halogens is 2. The molecule has 90 valence electrons. The van der Waals surface area contributed by atoms with E-state index >= 15 is 0 Å². The van der Waals surface area contributed by atoms with Gasteiger partial charge in [-0.1, -0.05) is 23.7 Å². The van der Waals surface area contributed by atoms with Crippen LogP contribution < -0.4 is 5.73 Å². The Bertz CT molecular complexity index is 537. The topological polar surface area (TPSA) is 43.8 Å². The summed E-state index contributed by atoms with van der Waals surface area (Å²) < 4.78 is 2.89. The summed E-state index contributed by atoms with van der Waals surface area (Å²) in [5.74, 6) is 0.892. The largest absolute Gasteiger partial charge is 0.330 e. The fraction of sp³-hybridized carbons (Fsp3) is 0.250. The second-order valence-corrected chi connectivity index (χ2v) is 4.97. The average molecular weight is 315 g/mol. The van der Waals surface area contributed by atoms with Crippen LogP contribution in [0.25, 0.3) is 11.4 Å². The van der Waals surface area contributed by atoms with Gasteiger partial charge in [-0.05, 0) is 34.6 Å². The van der Waals surface area contributed by atoms with Crippen LogP contribution in [0, 0.1) is 0 Å². The summed E-state index contributed by atoms with van der Waals surface area (Å²) in [4.78, 5) is 4.51. The summed E-state index contributed by atoms with van der Waals surface area (Å²) in [6, 6.07) is 7.67. The van der Waals surface area contributed by atoms with Crippen LogP contribution in [0.4, 0.5) is 0 Å². The Morgan fingerprint density at radius 3 is 2.88 bits per heavy atom. The molecule has 0 saturated heterocycles. The van der Waals surface area contributed by atoms with E-state index in [-0.39, 0.29) is 0 Å². The van der Waals surface area contributed by atoms with Crippen LogP contribution in [-0.4, -0.2) is 16.1 Å². The molecule has 0 saturated carbocycles. The molecule has 0 spiro atoms. The van der Waals surface area contributed by atoms with E-state index in [0.717, 1.165) is 28.1 Å². The average Bonchev–Trinajstić information content (AvgIpc) is 2.57.